The summed E-state index contributed by atoms with van der Waals surface area (Å²) >= 11 is 0. The molecule has 0 fully saturated rings. The summed E-state index contributed by atoms with van der Waals surface area (Å²) in [5, 5.41) is 16.2. The second-order valence-corrected chi connectivity index (χ2v) is 4.40. The van der Waals surface area contributed by atoms with Crippen molar-refractivity contribution in [2.75, 3.05) is 0 Å². The number of aromatic nitrogens is 3. The van der Waals surface area contributed by atoms with Gasteiger partial charge in [-0.3, -0.25) is 0 Å². The summed E-state index contributed by atoms with van der Waals surface area (Å²) in [4.78, 5) is 4.25. The zero-order valence-corrected chi connectivity index (χ0v) is 11.1. The van der Waals surface area contributed by atoms with E-state index in [9.17, 15) is 0 Å². The lowest BCUT2D eigenvalue weighted by Gasteiger charge is -2.06. The molecule has 0 unspecified atom stereocenters. The third kappa shape index (κ3) is 2.46. The second kappa shape index (κ2) is 5.46. The normalized spacial score (nSPS) is 11.5. The zero-order chi connectivity index (χ0) is 14.7. The second-order valence-electron chi connectivity index (χ2n) is 4.40. The fourth-order valence-electron chi connectivity index (χ4n) is 2.05. The van der Waals surface area contributed by atoms with Crippen molar-refractivity contribution in [3.05, 3.63) is 66.6 Å². The van der Waals surface area contributed by atoms with E-state index in [-0.39, 0.29) is 5.84 Å². The lowest BCUT2D eigenvalue weighted by Crippen LogP contribution is -2.17. The van der Waals surface area contributed by atoms with E-state index < -0.39 is 0 Å². The smallest absolute Gasteiger partial charge is 0.173 e. The maximum absolute atomic E-state index is 8.85. The highest BCUT2D eigenvalue weighted by Crippen LogP contribution is 2.20. The van der Waals surface area contributed by atoms with Crippen molar-refractivity contribution in [3.8, 4) is 16.9 Å². The molecule has 0 atom stereocenters. The third-order valence-electron chi connectivity index (χ3n) is 3.08. The maximum Gasteiger partial charge on any atom is 0.173 e. The summed E-state index contributed by atoms with van der Waals surface area (Å²) in [5.74, 6) is 0.504. The molecule has 0 amide bonds. The highest BCUT2D eigenvalue weighted by Gasteiger charge is 2.11. The molecule has 0 saturated heterocycles. The van der Waals surface area contributed by atoms with Gasteiger partial charge < -0.3 is 10.9 Å². The van der Waals surface area contributed by atoms with Crippen LogP contribution in [0.1, 0.15) is 5.56 Å². The highest BCUT2D eigenvalue weighted by atomic mass is 16.4. The van der Waals surface area contributed by atoms with Gasteiger partial charge in [0.25, 0.3) is 0 Å². The summed E-state index contributed by atoms with van der Waals surface area (Å²) in [6.45, 7) is 0. The Kier molecular flexibility index (Phi) is 3.34. The lowest BCUT2D eigenvalue weighted by atomic mass is 10.1. The van der Waals surface area contributed by atoms with Gasteiger partial charge in [-0.05, 0) is 17.7 Å². The minimum absolute atomic E-state index is 0.00476. The average molecular weight is 279 g/mol. The van der Waals surface area contributed by atoms with Crippen LogP contribution in [0.15, 0.2) is 66.2 Å². The molecule has 0 aliphatic carbocycles. The summed E-state index contributed by atoms with van der Waals surface area (Å²) < 4.78 is 1.61. The lowest BCUT2D eigenvalue weighted by molar-refractivity contribution is 0.318. The molecular weight excluding hydrogens is 266 g/mol. The van der Waals surface area contributed by atoms with Gasteiger partial charge in [0.2, 0.25) is 0 Å². The molecule has 0 bridgehead atoms. The summed E-state index contributed by atoms with van der Waals surface area (Å²) in [6.07, 6.45) is 5.24. The van der Waals surface area contributed by atoms with E-state index in [0.717, 1.165) is 11.1 Å². The van der Waals surface area contributed by atoms with Crippen LogP contribution in [0.2, 0.25) is 0 Å². The number of oxime groups is 1. The maximum atomic E-state index is 8.85. The molecule has 2 heterocycles. The van der Waals surface area contributed by atoms with Gasteiger partial charge in [-0.1, -0.05) is 35.5 Å². The van der Waals surface area contributed by atoms with E-state index in [4.69, 9.17) is 10.9 Å². The van der Waals surface area contributed by atoms with Crippen LogP contribution >= 0.6 is 0 Å². The number of hydrogen-bond donors (Lipinski definition) is 2. The molecule has 0 saturated carbocycles. The molecule has 1 aromatic carbocycles. The van der Waals surface area contributed by atoms with Crippen LogP contribution in [0.25, 0.3) is 16.9 Å². The van der Waals surface area contributed by atoms with Gasteiger partial charge in [0.05, 0.1) is 11.8 Å². The van der Waals surface area contributed by atoms with Crippen molar-refractivity contribution in [1.82, 2.24) is 14.8 Å². The summed E-state index contributed by atoms with van der Waals surface area (Å²) in [7, 11) is 0. The Balaban J connectivity index is 2.05. The van der Waals surface area contributed by atoms with E-state index in [0.29, 0.717) is 11.4 Å². The first-order valence-corrected chi connectivity index (χ1v) is 6.33. The van der Waals surface area contributed by atoms with Crippen LogP contribution in [0.3, 0.4) is 0 Å². The fourth-order valence-corrected chi connectivity index (χ4v) is 2.05. The Hall–Kier alpha value is -3.15. The number of nitrogens with zero attached hydrogens (tertiary/aromatic N) is 4. The quantitative estimate of drug-likeness (QED) is 0.332. The van der Waals surface area contributed by atoms with Crippen molar-refractivity contribution in [1.29, 1.82) is 0 Å². The van der Waals surface area contributed by atoms with Crippen molar-refractivity contribution in [2.24, 2.45) is 10.9 Å². The highest BCUT2D eigenvalue weighted by molar-refractivity contribution is 5.99. The van der Waals surface area contributed by atoms with Gasteiger partial charge in [-0.2, -0.15) is 5.10 Å². The van der Waals surface area contributed by atoms with Gasteiger partial charge in [0.15, 0.2) is 11.7 Å². The van der Waals surface area contributed by atoms with Crippen LogP contribution in [0.5, 0.6) is 0 Å². The summed E-state index contributed by atoms with van der Waals surface area (Å²) in [5.41, 5.74) is 8.21. The third-order valence-corrected chi connectivity index (χ3v) is 3.08. The molecule has 21 heavy (non-hydrogen) atoms. The molecule has 3 N–H and O–H groups in total. The molecule has 6 nitrogen and oxygen atoms in total. The van der Waals surface area contributed by atoms with Crippen molar-refractivity contribution in [3.63, 3.8) is 0 Å². The Morgan fingerprint density at radius 1 is 1.10 bits per heavy atom. The minimum Gasteiger partial charge on any atom is -0.409 e. The zero-order valence-electron chi connectivity index (χ0n) is 11.1. The van der Waals surface area contributed by atoms with Crippen LogP contribution in [0.4, 0.5) is 0 Å². The molecule has 0 spiro atoms. The number of hydrogen-bond acceptors (Lipinski definition) is 4. The molecule has 2 aromatic heterocycles. The van der Waals surface area contributed by atoms with Crippen molar-refractivity contribution < 1.29 is 5.21 Å². The minimum atomic E-state index is -0.00476. The van der Waals surface area contributed by atoms with E-state index in [1.807, 2.05) is 36.5 Å². The monoisotopic (exact) mass is 279 g/mol. The molecular formula is C15H13N5O. The number of amidine groups is 1. The first kappa shape index (κ1) is 12.9. The largest absolute Gasteiger partial charge is 0.409 e. The molecule has 3 rings (SSSR count). The van der Waals surface area contributed by atoms with Gasteiger partial charge in [-0.15, -0.1) is 0 Å². The molecule has 0 aliphatic rings. The number of benzene rings is 1. The predicted molar refractivity (Wildman–Crippen MR) is 79.3 cm³/mol. The number of rotatable bonds is 3. The summed E-state index contributed by atoms with van der Waals surface area (Å²) in [6, 6.07) is 13.3. The Morgan fingerprint density at radius 2 is 1.90 bits per heavy atom. The van der Waals surface area contributed by atoms with Crippen molar-refractivity contribution in [2.45, 2.75) is 0 Å². The molecule has 0 aliphatic heterocycles. The number of pyridine rings is 1. The van der Waals surface area contributed by atoms with Crippen LogP contribution in [0, 0.1) is 0 Å². The fraction of sp³-hybridized carbons (Fsp3) is 0. The topological polar surface area (TPSA) is 89.3 Å². The van der Waals surface area contributed by atoms with E-state index in [2.05, 4.69) is 15.2 Å². The average Bonchev–Trinajstić information content (AvgIpc) is 3.05. The molecule has 104 valence electrons. The van der Waals surface area contributed by atoms with Gasteiger partial charge in [-0.25, -0.2) is 9.67 Å². The Bertz CT molecular complexity index is 780. The first-order valence-electron chi connectivity index (χ1n) is 6.33. The Morgan fingerprint density at radius 3 is 2.67 bits per heavy atom. The van der Waals surface area contributed by atoms with Gasteiger partial charge in [0, 0.05) is 18.0 Å². The standard InChI is InChI=1S/C15H13N5O/c16-14(19-21)13-7-4-8-17-15(13)20-10-12(9-18-20)11-5-2-1-3-6-11/h1-10,21H,(H2,16,19). The van der Waals surface area contributed by atoms with Gasteiger partial charge >= 0.3 is 0 Å². The van der Waals surface area contributed by atoms with E-state index >= 15 is 0 Å². The van der Waals surface area contributed by atoms with E-state index in [1.165, 1.54) is 0 Å². The number of nitrogens with two attached hydrogens (primary N) is 1. The molecule has 6 heteroatoms. The molecule has 0 radical (unpaired) electrons. The predicted octanol–water partition coefficient (Wildman–Crippen LogP) is 2.03. The van der Waals surface area contributed by atoms with Crippen LogP contribution in [-0.4, -0.2) is 25.8 Å². The van der Waals surface area contributed by atoms with Gasteiger partial charge in [0.1, 0.15) is 0 Å². The Labute approximate surface area is 121 Å². The van der Waals surface area contributed by atoms with Crippen LogP contribution < -0.4 is 5.73 Å². The molecule has 3 aromatic rings. The van der Waals surface area contributed by atoms with Crippen molar-refractivity contribution >= 4 is 5.84 Å². The first-order chi connectivity index (χ1) is 10.3. The van der Waals surface area contributed by atoms with E-state index in [1.54, 1.807) is 29.2 Å². The van der Waals surface area contributed by atoms with Crippen LogP contribution in [-0.2, 0) is 0 Å². The SMILES string of the molecule is NC(=NO)c1cccnc1-n1cc(-c2ccccc2)cn1.